The highest BCUT2D eigenvalue weighted by atomic mass is 35.5. The maximum atomic E-state index is 12.4. The van der Waals surface area contributed by atoms with Crippen LogP contribution in [0.1, 0.15) is 40.0 Å². The maximum absolute atomic E-state index is 12.4. The molecule has 2 atom stereocenters. The molecule has 0 bridgehead atoms. The molecule has 4 N–H and O–H groups in total. The topological polar surface area (TPSA) is 101 Å². The molecule has 1 fully saturated rings. The van der Waals surface area contributed by atoms with E-state index in [1.165, 1.54) is 12.1 Å². The van der Waals surface area contributed by atoms with Gasteiger partial charge in [-0.15, -0.1) is 12.4 Å². The first-order chi connectivity index (χ1) is 11.1. The van der Waals surface area contributed by atoms with E-state index in [1.54, 1.807) is 32.9 Å². The number of rotatable bonds is 5. The Balaban J connectivity index is 0.00000312. The maximum Gasteiger partial charge on any atom is 0.241 e. The van der Waals surface area contributed by atoms with Crippen molar-refractivity contribution in [2.75, 3.05) is 11.9 Å². The third-order valence-corrected chi connectivity index (χ3v) is 5.91. The van der Waals surface area contributed by atoms with Crippen molar-refractivity contribution in [2.45, 2.75) is 50.5 Å². The second kappa shape index (κ2) is 8.49. The number of nitrogens with two attached hydrogens (primary N) is 1. The third kappa shape index (κ3) is 5.95. The highest BCUT2D eigenvalue weighted by molar-refractivity contribution is 7.89. The molecule has 1 aliphatic rings. The van der Waals surface area contributed by atoms with Gasteiger partial charge in [-0.25, -0.2) is 13.1 Å². The number of nitrogens with one attached hydrogen (secondary N) is 2. The van der Waals surface area contributed by atoms with Gasteiger partial charge in [-0.2, -0.15) is 0 Å². The number of amides is 1. The Bertz CT molecular complexity index is 701. The van der Waals surface area contributed by atoms with Crippen LogP contribution in [-0.4, -0.2) is 26.4 Å². The van der Waals surface area contributed by atoms with E-state index < -0.39 is 15.6 Å². The van der Waals surface area contributed by atoms with E-state index in [0.717, 1.165) is 19.3 Å². The van der Waals surface area contributed by atoms with E-state index in [-0.39, 0.29) is 35.0 Å². The van der Waals surface area contributed by atoms with E-state index in [4.69, 9.17) is 5.73 Å². The highest BCUT2D eigenvalue weighted by Crippen LogP contribution is 2.32. The lowest BCUT2D eigenvalue weighted by molar-refractivity contribution is -0.120. The summed E-state index contributed by atoms with van der Waals surface area (Å²) in [4.78, 5) is 12.6. The monoisotopic (exact) mass is 389 g/mol. The molecule has 0 aliphatic heterocycles. The number of benzene rings is 1. The number of anilines is 1. The Morgan fingerprint density at radius 3 is 2.56 bits per heavy atom. The standard InChI is InChI=1S/C17H27N3O3S.ClH/c1-17(2,3)20-24(22,23)14-8-5-7-13(10-14)19-16(21)15-9-4-6-12(15)11-18;/h5,7-8,10,12,15,20H,4,6,9,11,18H2,1-3H3,(H,19,21);1H/t12-,15-;/m1./s1. The predicted octanol–water partition coefficient (Wildman–Crippen LogP) is 2.50. The summed E-state index contributed by atoms with van der Waals surface area (Å²) in [5.41, 5.74) is 5.64. The number of hydrogen-bond acceptors (Lipinski definition) is 4. The van der Waals surface area contributed by atoms with Crippen molar-refractivity contribution in [2.24, 2.45) is 17.6 Å². The van der Waals surface area contributed by atoms with Crippen molar-refractivity contribution in [3.63, 3.8) is 0 Å². The summed E-state index contributed by atoms with van der Waals surface area (Å²) in [6.45, 7) is 5.84. The van der Waals surface area contributed by atoms with E-state index >= 15 is 0 Å². The van der Waals surface area contributed by atoms with Gasteiger partial charge in [-0.05, 0) is 64.3 Å². The van der Waals surface area contributed by atoms with Crippen LogP contribution >= 0.6 is 12.4 Å². The molecule has 6 nitrogen and oxygen atoms in total. The molecule has 142 valence electrons. The second-order valence-corrected chi connectivity index (χ2v) is 9.09. The molecule has 1 amide bonds. The van der Waals surface area contributed by atoms with Gasteiger partial charge in [-0.3, -0.25) is 4.79 Å². The first-order valence-electron chi connectivity index (χ1n) is 8.27. The van der Waals surface area contributed by atoms with Crippen LogP contribution in [0, 0.1) is 11.8 Å². The molecule has 0 saturated heterocycles. The average Bonchev–Trinajstić information content (AvgIpc) is 2.93. The lowest BCUT2D eigenvalue weighted by Crippen LogP contribution is -2.40. The summed E-state index contributed by atoms with van der Waals surface area (Å²) in [5, 5.41) is 2.84. The average molecular weight is 390 g/mol. The fraction of sp³-hybridized carbons (Fsp3) is 0.588. The molecule has 0 unspecified atom stereocenters. The van der Waals surface area contributed by atoms with Crippen LogP contribution in [0.25, 0.3) is 0 Å². The molecule has 0 aromatic heterocycles. The van der Waals surface area contributed by atoms with Crippen LogP contribution in [-0.2, 0) is 14.8 Å². The van der Waals surface area contributed by atoms with Gasteiger partial charge in [0.25, 0.3) is 0 Å². The third-order valence-electron chi connectivity index (χ3n) is 4.15. The number of halogens is 1. The van der Waals surface area contributed by atoms with Crippen molar-refractivity contribution >= 4 is 34.0 Å². The van der Waals surface area contributed by atoms with Crippen molar-refractivity contribution in [1.82, 2.24) is 4.72 Å². The SMILES string of the molecule is CC(C)(C)NS(=O)(=O)c1cccc(NC(=O)[C@@H]2CCC[C@@H]2CN)c1.Cl. The molecule has 1 aromatic carbocycles. The Morgan fingerprint density at radius 2 is 1.96 bits per heavy atom. The summed E-state index contributed by atoms with van der Waals surface area (Å²) >= 11 is 0. The van der Waals surface area contributed by atoms with Gasteiger partial charge in [-0.1, -0.05) is 12.5 Å². The predicted molar refractivity (Wildman–Crippen MR) is 102 cm³/mol. The summed E-state index contributed by atoms with van der Waals surface area (Å²) < 4.78 is 27.4. The summed E-state index contributed by atoms with van der Waals surface area (Å²) in [7, 11) is -3.63. The minimum atomic E-state index is -3.63. The van der Waals surface area contributed by atoms with Crippen LogP contribution < -0.4 is 15.8 Å². The van der Waals surface area contributed by atoms with Crippen molar-refractivity contribution in [3.8, 4) is 0 Å². The van der Waals surface area contributed by atoms with Crippen LogP contribution in [0.4, 0.5) is 5.69 Å². The van der Waals surface area contributed by atoms with Gasteiger partial charge < -0.3 is 11.1 Å². The molecular formula is C17H28ClN3O3S. The Hall–Kier alpha value is -1.15. The van der Waals surface area contributed by atoms with E-state index in [9.17, 15) is 13.2 Å². The summed E-state index contributed by atoms with van der Waals surface area (Å²) in [5.74, 6) is 0.0312. The smallest absolute Gasteiger partial charge is 0.241 e. The molecule has 1 saturated carbocycles. The van der Waals surface area contributed by atoms with Gasteiger partial charge in [0, 0.05) is 17.1 Å². The molecular weight excluding hydrogens is 362 g/mol. The molecule has 8 heteroatoms. The molecule has 0 heterocycles. The van der Waals surface area contributed by atoms with E-state index in [0.29, 0.717) is 12.2 Å². The fourth-order valence-electron chi connectivity index (χ4n) is 3.10. The minimum Gasteiger partial charge on any atom is -0.330 e. The zero-order valence-electron chi connectivity index (χ0n) is 14.9. The lowest BCUT2D eigenvalue weighted by Gasteiger charge is -2.21. The quantitative estimate of drug-likeness (QED) is 0.720. The largest absolute Gasteiger partial charge is 0.330 e. The van der Waals surface area contributed by atoms with Crippen LogP contribution in [0.2, 0.25) is 0 Å². The van der Waals surface area contributed by atoms with Crippen molar-refractivity contribution in [1.29, 1.82) is 0 Å². The van der Waals surface area contributed by atoms with E-state index in [2.05, 4.69) is 10.0 Å². The highest BCUT2D eigenvalue weighted by Gasteiger charge is 2.32. The molecule has 25 heavy (non-hydrogen) atoms. The van der Waals surface area contributed by atoms with Crippen LogP contribution in [0.5, 0.6) is 0 Å². The van der Waals surface area contributed by atoms with Gasteiger partial charge >= 0.3 is 0 Å². The molecule has 1 aromatic rings. The normalized spacial score (nSPS) is 20.8. The number of hydrogen-bond donors (Lipinski definition) is 3. The summed E-state index contributed by atoms with van der Waals surface area (Å²) in [6.07, 6.45) is 2.81. The Kier molecular flexibility index (Phi) is 7.43. The fourth-order valence-corrected chi connectivity index (χ4v) is 4.57. The number of sulfonamides is 1. The molecule has 2 rings (SSSR count). The van der Waals surface area contributed by atoms with Crippen molar-refractivity contribution < 1.29 is 13.2 Å². The lowest BCUT2D eigenvalue weighted by atomic mass is 9.95. The van der Waals surface area contributed by atoms with Gasteiger partial charge in [0.1, 0.15) is 0 Å². The van der Waals surface area contributed by atoms with Crippen LogP contribution in [0.15, 0.2) is 29.2 Å². The van der Waals surface area contributed by atoms with E-state index in [1.807, 2.05) is 0 Å². The zero-order valence-corrected chi connectivity index (χ0v) is 16.5. The first kappa shape index (κ1) is 21.9. The zero-order chi connectivity index (χ0) is 18.0. The number of carbonyl (C=O) groups excluding carboxylic acids is 1. The van der Waals surface area contributed by atoms with Crippen molar-refractivity contribution in [3.05, 3.63) is 24.3 Å². The summed E-state index contributed by atoms with van der Waals surface area (Å²) in [6, 6.07) is 6.32. The molecule has 0 spiro atoms. The van der Waals surface area contributed by atoms with Gasteiger partial charge in [0.15, 0.2) is 0 Å². The van der Waals surface area contributed by atoms with Gasteiger partial charge in [0.05, 0.1) is 4.90 Å². The second-order valence-electron chi connectivity index (χ2n) is 7.41. The first-order valence-corrected chi connectivity index (χ1v) is 9.76. The molecule has 1 aliphatic carbocycles. The molecule has 0 radical (unpaired) electrons. The minimum absolute atomic E-state index is 0. The van der Waals surface area contributed by atoms with Crippen LogP contribution in [0.3, 0.4) is 0 Å². The Labute approximate surface area is 156 Å². The van der Waals surface area contributed by atoms with Gasteiger partial charge in [0.2, 0.25) is 15.9 Å². The Morgan fingerprint density at radius 1 is 1.28 bits per heavy atom. The number of carbonyl (C=O) groups is 1.